The van der Waals surface area contributed by atoms with E-state index in [0.717, 1.165) is 32.4 Å². The number of benzene rings is 3. The summed E-state index contributed by atoms with van der Waals surface area (Å²) in [5.41, 5.74) is 2.30. The van der Waals surface area contributed by atoms with Crippen LogP contribution in [0.2, 0.25) is 0 Å². The van der Waals surface area contributed by atoms with E-state index in [1.54, 1.807) is 56.1 Å². The topological polar surface area (TPSA) is 172 Å². The van der Waals surface area contributed by atoms with Crippen molar-refractivity contribution < 1.29 is 35.7 Å². The molecule has 5 aromatic rings. The second-order valence-electron chi connectivity index (χ2n) is 14.6. The van der Waals surface area contributed by atoms with Crippen molar-refractivity contribution in [3.05, 3.63) is 116 Å². The van der Waals surface area contributed by atoms with E-state index in [0.29, 0.717) is 66.7 Å². The molecule has 2 N–H and O–H groups in total. The third kappa shape index (κ3) is 8.20. The minimum atomic E-state index is -4.69. The maximum atomic E-state index is 14.2. The Morgan fingerprint density at radius 2 is 1.64 bits per heavy atom. The monoisotopic (exact) mass is 817 g/mol. The van der Waals surface area contributed by atoms with Gasteiger partial charge in [0.2, 0.25) is 5.91 Å². The van der Waals surface area contributed by atoms with E-state index >= 15 is 0 Å². The number of carbonyl (C=O) groups is 2. The standard InChI is InChI=1S/C41H42F3N7O6S/c1-24-25(2)30(21-36(26(24)3)58(55,56)57)18-20-48(5)38(52)29-11-13-32(14-12-29)47-39(53)50-37(35-17-19-46-51(35)33-15-9-28(23-45)10-16-33)27(4)49(40(50)54)34-8-6-7-31(22-34)41(42,43)44/h6-10,15-17,19,21-22,29,32H,11-14,18,20H2,1-5H3,(H,47,53)(H,55,56,57). The fourth-order valence-corrected chi connectivity index (χ4v) is 8.46. The summed E-state index contributed by atoms with van der Waals surface area (Å²) in [5.74, 6) is -0.457. The molecule has 58 heavy (non-hydrogen) atoms. The molecule has 0 unspecified atom stereocenters. The second-order valence-corrected chi connectivity index (χ2v) is 16.0. The Labute approximate surface area is 333 Å². The Kier molecular flexibility index (Phi) is 11.6. The smallest absolute Gasteiger partial charge is 0.345 e. The summed E-state index contributed by atoms with van der Waals surface area (Å²) < 4.78 is 78.4. The molecule has 1 aliphatic carbocycles. The molecule has 6 rings (SSSR count). The highest BCUT2D eigenvalue weighted by atomic mass is 32.2. The number of carbonyl (C=O) groups excluding carboxylic acids is 2. The van der Waals surface area contributed by atoms with Crippen LogP contribution >= 0.6 is 0 Å². The zero-order valence-electron chi connectivity index (χ0n) is 32.5. The van der Waals surface area contributed by atoms with Gasteiger partial charge in [-0.15, -0.1) is 0 Å². The van der Waals surface area contributed by atoms with E-state index in [1.807, 2.05) is 13.0 Å². The Hall–Kier alpha value is -5.99. The molecule has 3 aromatic carbocycles. The zero-order chi connectivity index (χ0) is 42.3. The Balaban J connectivity index is 1.23. The molecule has 0 aliphatic heterocycles. The number of nitriles is 1. The van der Waals surface area contributed by atoms with Crippen molar-refractivity contribution in [2.75, 3.05) is 13.6 Å². The number of rotatable bonds is 9. The maximum absolute atomic E-state index is 14.2. The summed E-state index contributed by atoms with van der Waals surface area (Å²) in [6.07, 6.45) is -1.19. The van der Waals surface area contributed by atoms with Crippen molar-refractivity contribution in [1.82, 2.24) is 29.1 Å². The number of hydrogen-bond acceptors (Lipinski definition) is 7. The molecule has 0 saturated heterocycles. The van der Waals surface area contributed by atoms with Gasteiger partial charge in [-0.2, -0.15) is 31.9 Å². The fourth-order valence-electron chi connectivity index (χ4n) is 7.63. The normalized spacial score (nSPS) is 15.9. The van der Waals surface area contributed by atoms with Gasteiger partial charge in [-0.3, -0.25) is 13.9 Å². The lowest BCUT2D eigenvalue weighted by atomic mass is 9.85. The minimum Gasteiger partial charge on any atom is -0.345 e. The highest BCUT2D eigenvalue weighted by molar-refractivity contribution is 7.85. The van der Waals surface area contributed by atoms with Gasteiger partial charge in [0, 0.05) is 25.6 Å². The number of likely N-dealkylation sites (N-methyl/N-ethyl adjacent to an activating group) is 1. The average Bonchev–Trinajstić information content (AvgIpc) is 3.77. The van der Waals surface area contributed by atoms with Crippen LogP contribution in [0.3, 0.4) is 0 Å². The van der Waals surface area contributed by atoms with Gasteiger partial charge < -0.3 is 10.2 Å². The molecule has 0 atom stereocenters. The highest BCUT2D eigenvalue weighted by Crippen LogP contribution is 2.33. The van der Waals surface area contributed by atoms with Crippen LogP contribution in [0.15, 0.2) is 76.6 Å². The maximum Gasteiger partial charge on any atom is 0.416 e. The van der Waals surface area contributed by atoms with Gasteiger partial charge in [0.1, 0.15) is 5.69 Å². The van der Waals surface area contributed by atoms with Gasteiger partial charge in [0.05, 0.1) is 51.1 Å². The third-order valence-electron chi connectivity index (χ3n) is 11.1. The number of aromatic nitrogens is 4. The molecule has 1 fully saturated rings. The van der Waals surface area contributed by atoms with Crippen LogP contribution < -0.4 is 11.0 Å². The fraction of sp³-hybridized carbons (Fsp3) is 0.341. The van der Waals surface area contributed by atoms with E-state index in [2.05, 4.69) is 10.4 Å². The van der Waals surface area contributed by atoms with Crippen molar-refractivity contribution in [2.24, 2.45) is 5.92 Å². The first-order chi connectivity index (χ1) is 27.3. The van der Waals surface area contributed by atoms with E-state index in [-0.39, 0.29) is 33.8 Å². The van der Waals surface area contributed by atoms with E-state index < -0.39 is 39.6 Å². The van der Waals surface area contributed by atoms with Crippen molar-refractivity contribution in [1.29, 1.82) is 5.26 Å². The van der Waals surface area contributed by atoms with Crippen molar-refractivity contribution in [3.8, 4) is 28.8 Å². The predicted molar refractivity (Wildman–Crippen MR) is 209 cm³/mol. The largest absolute Gasteiger partial charge is 0.416 e. The van der Waals surface area contributed by atoms with Crippen LogP contribution in [0.1, 0.15) is 64.8 Å². The van der Waals surface area contributed by atoms with Crippen LogP contribution in [-0.4, -0.2) is 68.4 Å². The first-order valence-corrected chi connectivity index (χ1v) is 20.0. The molecule has 2 heterocycles. The molecular formula is C41H42F3N7O6S. The summed E-state index contributed by atoms with van der Waals surface area (Å²) >= 11 is 0. The van der Waals surface area contributed by atoms with Crippen LogP contribution in [0.4, 0.5) is 18.0 Å². The summed E-state index contributed by atoms with van der Waals surface area (Å²) in [5, 5.41) is 16.6. The Bertz CT molecular complexity index is 2610. The molecule has 1 saturated carbocycles. The number of halogens is 3. The number of nitrogens with zero attached hydrogens (tertiary/aromatic N) is 6. The van der Waals surface area contributed by atoms with Crippen LogP contribution in [0.5, 0.6) is 0 Å². The summed E-state index contributed by atoms with van der Waals surface area (Å²) in [7, 11) is -2.76. The SMILES string of the molecule is Cc1c(CCN(C)C(=O)C2CCC(NC(=O)n3c(-c4ccnn4-c4ccc(C#N)cc4)c(C)n(-c4cccc(C(F)(F)F)c4)c3=O)CC2)cc(S(=O)(=O)O)c(C)c1C. The van der Waals surface area contributed by atoms with Crippen molar-refractivity contribution >= 4 is 22.1 Å². The van der Waals surface area contributed by atoms with E-state index in [1.165, 1.54) is 36.0 Å². The summed E-state index contributed by atoms with van der Waals surface area (Å²) in [4.78, 5) is 43.3. The molecular weight excluding hydrogens is 776 g/mol. The minimum absolute atomic E-state index is 0.0926. The average molecular weight is 818 g/mol. The first-order valence-electron chi connectivity index (χ1n) is 18.5. The number of nitrogens with one attached hydrogen (secondary N) is 1. The van der Waals surface area contributed by atoms with Gasteiger partial charge in [0.25, 0.3) is 10.1 Å². The summed E-state index contributed by atoms with van der Waals surface area (Å²) in [6, 6.07) is 14.5. The van der Waals surface area contributed by atoms with Crippen molar-refractivity contribution in [2.45, 2.75) is 76.9 Å². The third-order valence-corrected chi connectivity index (χ3v) is 12.1. The molecule has 0 bridgehead atoms. The lowest BCUT2D eigenvalue weighted by Crippen LogP contribution is -2.45. The Morgan fingerprint density at radius 3 is 2.26 bits per heavy atom. The van der Waals surface area contributed by atoms with E-state index in [4.69, 9.17) is 0 Å². The number of alkyl halides is 3. The lowest BCUT2D eigenvalue weighted by Gasteiger charge is -2.31. The van der Waals surface area contributed by atoms with Gasteiger partial charge in [-0.25, -0.2) is 18.8 Å². The molecule has 13 nitrogen and oxygen atoms in total. The van der Waals surface area contributed by atoms with Crippen molar-refractivity contribution in [3.63, 3.8) is 0 Å². The molecule has 0 spiro atoms. The quantitative estimate of drug-likeness (QED) is 0.155. The molecule has 0 radical (unpaired) electrons. The van der Waals surface area contributed by atoms with Crippen LogP contribution in [-0.2, 0) is 27.5 Å². The molecule has 304 valence electrons. The highest BCUT2D eigenvalue weighted by Gasteiger charge is 2.34. The molecule has 2 aromatic heterocycles. The Morgan fingerprint density at radius 1 is 0.966 bits per heavy atom. The summed E-state index contributed by atoms with van der Waals surface area (Å²) in [6.45, 7) is 7.11. The number of amides is 2. The second kappa shape index (κ2) is 16.1. The van der Waals surface area contributed by atoms with Crippen LogP contribution in [0, 0.1) is 44.9 Å². The van der Waals surface area contributed by atoms with Crippen LogP contribution in [0.25, 0.3) is 22.8 Å². The zero-order valence-corrected chi connectivity index (χ0v) is 33.3. The van der Waals surface area contributed by atoms with Gasteiger partial charge >= 0.3 is 17.9 Å². The lowest BCUT2D eigenvalue weighted by molar-refractivity contribution is -0.137. The van der Waals surface area contributed by atoms with Gasteiger partial charge in [-0.1, -0.05) is 6.07 Å². The molecule has 2 amide bonds. The van der Waals surface area contributed by atoms with Gasteiger partial charge in [0.15, 0.2) is 0 Å². The number of hydrogen-bond donors (Lipinski definition) is 2. The predicted octanol–water partition coefficient (Wildman–Crippen LogP) is 6.68. The van der Waals surface area contributed by atoms with E-state index in [9.17, 15) is 45.8 Å². The van der Waals surface area contributed by atoms with Gasteiger partial charge in [-0.05, 0) is 137 Å². The molecule has 1 aliphatic rings. The molecule has 17 heteroatoms. The number of imidazole rings is 1. The first kappa shape index (κ1) is 41.6.